The van der Waals surface area contributed by atoms with Gasteiger partial charge in [0, 0.05) is 18.0 Å². The van der Waals surface area contributed by atoms with E-state index in [1.165, 1.54) is 0 Å². The van der Waals surface area contributed by atoms with Crippen molar-refractivity contribution in [2.75, 3.05) is 0 Å². The van der Waals surface area contributed by atoms with Crippen LogP contribution in [-0.2, 0) is 15.0 Å². The Morgan fingerprint density at radius 3 is 2.55 bits per heavy atom. The second-order valence-corrected chi connectivity index (χ2v) is 5.42. The largest absolute Gasteiger partial charge is 0.281 e. The molecule has 0 aliphatic rings. The highest BCUT2D eigenvalue weighted by atomic mass is 35.5. The van der Waals surface area contributed by atoms with E-state index in [0.717, 1.165) is 10.9 Å². The third kappa shape index (κ3) is 2.69. The van der Waals surface area contributed by atoms with Gasteiger partial charge < -0.3 is 0 Å². The van der Waals surface area contributed by atoms with Gasteiger partial charge in [-0.15, -0.1) is 0 Å². The molecular weight excluding hydrogens is 297 g/mol. The SMILES string of the molecule is CCC(CC(=O)Cl)(C(=O)Cl)c1cnc2ccccc2c1. The molecule has 2 rings (SSSR count). The first-order chi connectivity index (χ1) is 9.49. The van der Waals surface area contributed by atoms with Crippen LogP contribution in [0, 0.1) is 0 Å². The van der Waals surface area contributed by atoms with Crippen LogP contribution in [0.15, 0.2) is 36.5 Å². The zero-order chi connectivity index (χ0) is 14.8. The van der Waals surface area contributed by atoms with Gasteiger partial charge in [-0.05, 0) is 47.3 Å². The van der Waals surface area contributed by atoms with E-state index in [-0.39, 0.29) is 6.42 Å². The Balaban J connectivity index is 2.61. The molecule has 1 aromatic carbocycles. The lowest BCUT2D eigenvalue weighted by Gasteiger charge is -2.27. The van der Waals surface area contributed by atoms with Crippen LogP contribution >= 0.6 is 23.2 Å². The molecule has 0 aliphatic carbocycles. The maximum absolute atomic E-state index is 11.9. The van der Waals surface area contributed by atoms with Crippen LogP contribution in [-0.4, -0.2) is 15.5 Å². The number of benzene rings is 1. The van der Waals surface area contributed by atoms with Gasteiger partial charge in [0.15, 0.2) is 0 Å². The minimum absolute atomic E-state index is 0.132. The zero-order valence-corrected chi connectivity index (χ0v) is 12.4. The molecule has 0 amide bonds. The van der Waals surface area contributed by atoms with Crippen molar-refractivity contribution in [2.45, 2.75) is 25.2 Å². The molecule has 1 aromatic heterocycles. The first-order valence-electron chi connectivity index (χ1n) is 6.23. The van der Waals surface area contributed by atoms with E-state index in [2.05, 4.69) is 4.98 Å². The Morgan fingerprint density at radius 2 is 1.95 bits per heavy atom. The second kappa shape index (κ2) is 5.90. The molecule has 0 radical (unpaired) electrons. The Hall–Kier alpha value is -1.45. The molecule has 1 unspecified atom stereocenters. The van der Waals surface area contributed by atoms with Gasteiger partial charge in [0.1, 0.15) is 0 Å². The van der Waals surface area contributed by atoms with E-state index in [0.29, 0.717) is 12.0 Å². The molecule has 0 bridgehead atoms. The van der Waals surface area contributed by atoms with Gasteiger partial charge in [0.2, 0.25) is 10.5 Å². The molecule has 20 heavy (non-hydrogen) atoms. The summed E-state index contributed by atoms with van der Waals surface area (Å²) in [4.78, 5) is 27.5. The Bertz CT molecular complexity index is 672. The molecule has 0 spiro atoms. The standard InChI is InChI=1S/C15H13Cl2NO2/c1-2-15(14(17)20,8-13(16)19)11-7-10-5-3-4-6-12(10)18-9-11/h3-7,9H,2,8H2,1H3. The van der Waals surface area contributed by atoms with Gasteiger partial charge in [0.05, 0.1) is 10.9 Å². The van der Waals surface area contributed by atoms with Crippen LogP contribution < -0.4 is 0 Å². The maximum atomic E-state index is 11.9. The van der Waals surface area contributed by atoms with E-state index in [9.17, 15) is 9.59 Å². The summed E-state index contributed by atoms with van der Waals surface area (Å²) in [5.41, 5.74) is 0.324. The quantitative estimate of drug-likeness (QED) is 0.789. The van der Waals surface area contributed by atoms with E-state index in [1.807, 2.05) is 30.3 Å². The fourth-order valence-electron chi connectivity index (χ4n) is 2.32. The molecule has 0 fully saturated rings. The number of halogens is 2. The molecule has 1 atom stereocenters. The van der Waals surface area contributed by atoms with Crippen molar-refractivity contribution in [2.24, 2.45) is 0 Å². The highest BCUT2D eigenvalue weighted by molar-refractivity contribution is 6.67. The summed E-state index contributed by atoms with van der Waals surface area (Å²) in [6.07, 6.45) is 1.84. The summed E-state index contributed by atoms with van der Waals surface area (Å²) in [6, 6.07) is 9.38. The molecule has 0 N–H and O–H groups in total. The van der Waals surface area contributed by atoms with Crippen LogP contribution in [0.25, 0.3) is 10.9 Å². The molecule has 3 nitrogen and oxygen atoms in total. The van der Waals surface area contributed by atoms with Crippen molar-refractivity contribution in [1.82, 2.24) is 4.98 Å². The molecule has 5 heteroatoms. The van der Waals surface area contributed by atoms with Crippen LogP contribution in [0.2, 0.25) is 0 Å². The smallest absolute Gasteiger partial charge is 0.232 e. The van der Waals surface area contributed by atoms with Crippen molar-refractivity contribution < 1.29 is 9.59 Å². The van der Waals surface area contributed by atoms with Crippen molar-refractivity contribution >= 4 is 44.6 Å². The highest BCUT2D eigenvalue weighted by Gasteiger charge is 2.39. The summed E-state index contributed by atoms with van der Waals surface area (Å²) in [5.74, 6) is 0. The summed E-state index contributed by atoms with van der Waals surface area (Å²) in [7, 11) is 0. The van der Waals surface area contributed by atoms with Gasteiger partial charge in [-0.1, -0.05) is 25.1 Å². The Kier molecular flexibility index (Phi) is 4.41. The number of pyridine rings is 1. The molecule has 0 saturated heterocycles. The number of carbonyl (C=O) groups excluding carboxylic acids is 2. The average molecular weight is 310 g/mol. The number of fused-ring (bicyclic) bond motifs is 1. The summed E-state index contributed by atoms with van der Waals surface area (Å²) < 4.78 is 0. The van der Waals surface area contributed by atoms with Crippen LogP contribution in [0.5, 0.6) is 0 Å². The number of hydrogen-bond donors (Lipinski definition) is 0. The monoisotopic (exact) mass is 309 g/mol. The van der Waals surface area contributed by atoms with Crippen molar-refractivity contribution in [1.29, 1.82) is 0 Å². The maximum Gasteiger partial charge on any atom is 0.232 e. The number of carbonyl (C=O) groups is 2. The average Bonchev–Trinajstić information content (AvgIpc) is 2.43. The van der Waals surface area contributed by atoms with E-state index in [1.54, 1.807) is 13.1 Å². The van der Waals surface area contributed by atoms with Gasteiger partial charge in [0.25, 0.3) is 0 Å². The number of hydrogen-bond acceptors (Lipinski definition) is 3. The lowest BCUT2D eigenvalue weighted by Crippen LogP contribution is -2.34. The van der Waals surface area contributed by atoms with Crippen LogP contribution in [0.4, 0.5) is 0 Å². The topological polar surface area (TPSA) is 47.0 Å². The molecule has 0 saturated carbocycles. The first-order valence-corrected chi connectivity index (χ1v) is 6.99. The third-order valence-corrected chi connectivity index (χ3v) is 4.06. The van der Waals surface area contributed by atoms with Gasteiger partial charge in [-0.2, -0.15) is 0 Å². The zero-order valence-electron chi connectivity index (χ0n) is 10.9. The lowest BCUT2D eigenvalue weighted by molar-refractivity contribution is -0.121. The molecule has 2 aromatic rings. The number of para-hydroxylation sites is 1. The number of aromatic nitrogens is 1. The predicted molar refractivity (Wildman–Crippen MR) is 80.0 cm³/mol. The minimum atomic E-state index is -1.11. The van der Waals surface area contributed by atoms with Gasteiger partial charge in [-0.3, -0.25) is 14.6 Å². The minimum Gasteiger partial charge on any atom is -0.281 e. The predicted octanol–water partition coefficient (Wildman–Crippen LogP) is 3.80. The summed E-state index contributed by atoms with van der Waals surface area (Å²) in [6.45, 7) is 1.80. The third-order valence-electron chi connectivity index (χ3n) is 3.56. The fraction of sp³-hybridized carbons (Fsp3) is 0.267. The fourth-order valence-corrected chi connectivity index (χ4v) is 2.86. The summed E-state index contributed by atoms with van der Waals surface area (Å²) in [5, 5.41) is -0.289. The van der Waals surface area contributed by atoms with Crippen molar-refractivity contribution in [3.8, 4) is 0 Å². The number of rotatable bonds is 5. The molecule has 104 valence electrons. The molecular formula is C15H13Cl2NO2. The van der Waals surface area contributed by atoms with Crippen molar-refractivity contribution in [3.05, 3.63) is 42.1 Å². The van der Waals surface area contributed by atoms with Crippen LogP contribution in [0.3, 0.4) is 0 Å². The Labute approximate surface area is 126 Å². The van der Waals surface area contributed by atoms with E-state index >= 15 is 0 Å². The van der Waals surface area contributed by atoms with E-state index in [4.69, 9.17) is 23.2 Å². The normalized spacial score (nSPS) is 13.9. The first kappa shape index (κ1) is 14.9. The second-order valence-electron chi connectivity index (χ2n) is 4.66. The molecule has 0 aliphatic heterocycles. The Morgan fingerprint density at radius 1 is 1.25 bits per heavy atom. The van der Waals surface area contributed by atoms with Crippen molar-refractivity contribution in [3.63, 3.8) is 0 Å². The number of nitrogens with zero attached hydrogens (tertiary/aromatic N) is 1. The molecule has 1 heterocycles. The highest BCUT2D eigenvalue weighted by Crippen LogP contribution is 2.36. The summed E-state index contributed by atoms with van der Waals surface area (Å²) >= 11 is 11.2. The van der Waals surface area contributed by atoms with Gasteiger partial charge >= 0.3 is 0 Å². The van der Waals surface area contributed by atoms with Crippen LogP contribution in [0.1, 0.15) is 25.3 Å². The van der Waals surface area contributed by atoms with Gasteiger partial charge in [-0.25, -0.2) is 0 Å². The van der Waals surface area contributed by atoms with E-state index < -0.39 is 15.9 Å². The lowest BCUT2D eigenvalue weighted by atomic mass is 9.77.